The monoisotopic (exact) mass is 400 g/mol. The fourth-order valence-electron chi connectivity index (χ4n) is 2.06. The lowest BCUT2D eigenvalue weighted by Gasteiger charge is -2.14. The van der Waals surface area contributed by atoms with E-state index in [-0.39, 0.29) is 5.38 Å². The second kappa shape index (κ2) is 6.43. The Morgan fingerprint density at radius 1 is 1.05 bits per heavy atom. The maximum atomic E-state index is 6.57. The Morgan fingerprint density at radius 3 is 2.47 bits per heavy atom. The van der Waals surface area contributed by atoms with E-state index in [1.54, 1.807) is 0 Å². The Labute approximate surface area is 136 Å². The number of hydrogen-bond acceptors (Lipinski definition) is 0. The Hall–Kier alpha value is -0.310. The van der Waals surface area contributed by atoms with Crippen LogP contribution in [0, 0.1) is 13.8 Å². The molecule has 0 spiro atoms. The number of rotatable bonds is 3. The Bertz CT molecular complexity index is 593. The van der Waals surface area contributed by atoms with Gasteiger partial charge in [-0.2, -0.15) is 0 Å². The van der Waals surface area contributed by atoms with Gasteiger partial charge in [-0.25, -0.2) is 0 Å². The van der Waals surface area contributed by atoms with Crippen LogP contribution in [0.1, 0.15) is 27.6 Å². The SMILES string of the molecule is Cc1cccc(CC(Cl)c2cc(Br)c(C)cc2Br)c1. The van der Waals surface area contributed by atoms with E-state index in [2.05, 4.69) is 82.1 Å². The lowest BCUT2D eigenvalue weighted by atomic mass is 10.0. The fraction of sp³-hybridized carbons (Fsp3) is 0.250. The highest BCUT2D eigenvalue weighted by atomic mass is 79.9. The summed E-state index contributed by atoms with van der Waals surface area (Å²) in [5, 5.41) is -0.0342. The predicted octanol–water partition coefficient (Wildman–Crippen LogP) is 6.35. The van der Waals surface area contributed by atoms with Gasteiger partial charge in [0.2, 0.25) is 0 Å². The van der Waals surface area contributed by atoms with E-state index in [9.17, 15) is 0 Å². The van der Waals surface area contributed by atoms with Crippen LogP contribution in [0.4, 0.5) is 0 Å². The third kappa shape index (κ3) is 3.84. The molecule has 0 aromatic heterocycles. The summed E-state index contributed by atoms with van der Waals surface area (Å²) >= 11 is 13.7. The number of aryl methyl sites for hydroxylation is 2. The molecule has 19 heavy (non-hydrogen) atoms. The lowest BCUT2D eigenvalue weighted by molar-refractivity contribution is 0.911. The molecule has 0 radical (unpaired) electrons. The topological polar surface area (TPSA) is 0 Å². The van der Waals surface area contributed by atoms with Crippen LogP contribution in [0.15, 0.2) is 45.3 Å². The molecule has 2 rings (SSSR count). The van der Waals surface area contributed by atoms with E-state index in [1.165, 1.54) is 16.7 Å². The zero-order valence-corrected chi connectivity index (χ0v) is 14.8. The second-order valence-corrected chi connectivity index (χ2v) is 7.02. The van der Waals surface area contributed by atoms with Crippen molar-refractivity contribution in [2.75, 3.05) is 0 Å². The standard InChI is InChI=1S/C16H15Br2Cl/c1-10-4-3-5-12(6-10)8-16(19)13-9-14(17)11(2)7-15(13)18/h3-7,9,16H,8H2,1-2H3. The summed E-state index contributed by atoms with van der Waals surface area (Å²) in [6.07, 6.45) is 0.831. The summed E-state index contributed by atoms with van der Waals surface area (Å²) in [7, 11) is 0. The van der Waals surface area contributed by atoms with Crippen LogP contribution in [0.25, 0.3) is 0 Å². The van der Waals surface area contributed by atoms with Crippen LogP contribution < -0.4 is 0 Å². The molecule has 3 heteroatoms. The van der Waals surface area contributed by atoms with Crippen molar-refractivity contribution in [2.45, 2.75) is 25.6 Å². The van der Waals surface area contributed by atoms with Gasteiger partial charge in [-0.3, -0.25) is 0 Å². The molecular formula is C16H15Br2Cl. The molecule has 0 nitrogen and oxygen atoms in total. The summed E-state index contributed by atoms with van der Waals surface area (Å²) in [5.41, 5.74) is 4.87. The minimum Gasteiger partial charge on any atom is -0.117 e. The fourth-order valence-corrected chi connectivity index (χ4v) is 3.64. The van der Waals surface area contributed by atoms with Gasteiger partial charge in [0.05, 0.1) is 5.38 Å². The van der Waals surface area contributed by atoms with Crippen molar-refractivity contribution < 1.29 is 0 Å². The van der Waals surface area contributed by atoms with E-state index < -0.39 is 0 Å². The molecule has 0 bridgehead atoms. The maximum absolute atomic E-state index is 6.57. The lowest BCUT2D eigenvalue weighted by Crippen LogP contribution is -1.98. The molecule has 100 valence electrons. The van der Waals surface area contributed by atoms with Crippen LogP contribution in [0.2, 0.25) is 0 Å². The van der Waals surface area contributed by atoms with Gasteiger partial charge in [-0.05, 0) is 49.1 Å². The van der Waals surface area contributed by atoms with Crippen molar-refractivity contribution in [3.63, 3.8) is 0 Å². The van der Waals surface area contributed by atoms with E-state index in [1.807, 2.05) is 0 Å². The van der Waals surface area contributed by atoms with Crippen molar-refractivity contribution >= 4 is 43.5 Å². The summed E-state index contributed by atoms with van der Waals surface area (Å²) in [4.78, 5) is 0. The third-order valence-corrected chi connectivity index (χ3v) is 5.04. The summed E-state index contributed by atoms with van der Waals surface area (Å²) in [6, 6.07) is 12.7. The highest BCUT2D eigenvalue weighted by molar-refractivity contribution is 9.11. The maximum Gasteiger partial charge on any atom is 0.0637 e. The number of hydrogen-bond donors (Lipinski definition) is 0. The van der Waals surface area contributed by atoms with Crippen LogP contribution in [-0.4, -0.2) is 0 Å². The van der Waals surface area contributed by atoms with Crippen molar-refractivity contribution in [1.29, 1.82) is 0 Å². The van der Waals surface area contributed by atoms with E-state index in [0.717, 1.165) is 20.9 Å². The largest absolute Gasteiger partial charge is 0.117 e. The molecular weight excluding hydrogens is 387 g/mol. The molecule has 2 aromatic rings. The van der Waals surface area contributed by atoms with E-state index in [4.69, 9.17) is 11.6 Å². The van der Waals surface area contributed by atoms with Crippen molar-refractivity contribution in [3.05, 3.63) is 67.6 Å². The molecule has 0 N–H and O–H groups in total. The Morgan fingerprint density at radius 2 is 1.79 bits per heavy atom. The highest BCUT2D eigenvalue weighted by Crippen LogP contribution is 2.34. The first-order valence-corrected chi connectivity index (χ1v) is 8.15. The average Bonchev–Trinajstić information content (AvgIpc) is 2.33. The van der Waals surface area contributed by atoms with Gasteiger partial charge in [0.15, 0.2) is 0 Å². The van der Waals surface area contributed by atoms with Crippen LogP contribution in [0.3, 0.4) is 0 Å². The first-order valence-electron chi connectivity index (χ1n) is 6.12. The summed E-state index contributed by atoms with van der Waals surface area (Å²) < 4.78 is 2.17. The van der Waals surface area contributed by atoms with Gasteiger partial charge in [-0.15, -0.1) is 11.6 Å². The molecule has 1 atom stereocenters. The van der Waals surface area contributed by atoms with Gasteiger partial charge in [0.25, 0.3) is 0 Å². The molecule has 0 saturated carbocycles. The highest BCUT2D eigenvalue weighted by Gasteiger charge is 2.14. The average molecular weight is 403 g/mol. The zero-order valence-electron chi connectivity index (χ0n) is 10.9. The molecule has 0 amide bonds. The Balaban J connectivity index is 2.25. The predicted molar refractivity (Wildman–Crippen MR) is 90.1 cm³/mol. The minimum absolute atomic E-state index is 0.0342. The van der Waals surface area contributed by atoms with Crippen LogP contribution >= 0.6 is 43.5 Å². The van der Waals surface area contributed by atoms with Gasteiger partial charge in [-0.1, -0.05) is 61.7 Å². The molecule has 1 unspecified atom stereocenters. The second-order valence-electron chi connectivity index (χ2n) is 4.78. The van der Waals surface area contributed by atoms with Gasteiger partial charge >= 0.3 is 0 Å². The molecule has 0 aliphatic carbocycles. The minimum atomic E-state index is -0.0342. The normalized spacial score (nSPS) is 12.5. The zero-order chi connectivity index (χ0) is 14.0. The molecule has 0 aliphatic rings. The van der Waals surface area contributed by atoms with E-state index in [0.29, 0.717) is 0 Å². The first kappa shape index (κ1) is 15.1. The van der Waals surface area contributed by atoms with Gasteiger partial charge in [0, 0.05) is 8.95 Å². The smallest absolute Gasteiger partial charge is 0.0637 e. The quantitative estimate of drug-likeness (QED) is 0.525. The van der Waals surface area contributed by atoms with Crippen molar-refractivity contribution in [2.24, 2.45) is 0 Å². The first-order chi connectivity index (χ1) is 8.97. The van der Waals surface area contributed by atoms with Crippen molar-refractivity contribution in [3.8, 4) is 0 Å². The molecule has 0 heterocycles. The Kier molecular flexibility index (Phi) is 5.10. The number of halogens is 3. The molecule has 0 fully saturated rings. The third-order valence-electron chi connectivity index (χ3n) is 3.11. The summed E-state index contributed by atoms with van der Waals surface area (Å²) in [5.74, 6) is 0. The van der Waals surface area contributed by atoms with E-state index >= 15 is 0 Å². The van der Waals surface area contributed by atoms with Crippen LogP contribution in [-0.2, 0) is 6.42 Å². The molecule has 2 aromatic carbocycles. The molecule has 0 aliphatic heterocycles. The van der Waals surface area contributed by atoms with Crippen LogP contribution in [0.5, 0.6) is 0 Å². The number of benzene rings is 2. The van der Waals surface area contributed by atoms with Gasteiger partial charge < -0.3 is 0 Å². The van der Waals surface area contributed by atoms with Gasteiger partial charge in [0.1, 0.15) is 0 Å². The number of alkyl halides is 1. The molecule has 0 saturated heterocycles. The van der Waals surface area contributed by atoms with Crippen molar-refractivity contribution in [1.82, 2.24) is 0 Å². The summed E-state index contributed by atoms with van der Waals surface area (Å²) in [6.45, 7) is 4.17.